The lowest BCUT2D eigenvalue weighted by Crippen LogP contribution is -2.58. The van der Waals surface area contributed by atoms with Crippen LogP contribution < -0.4 is 21.7 Å². The highest BCUT2D eigenvalue weighted by Crippen LogP contribution is 1.93. The highest BCUT2D eigenvalue weighted by molar-refractivity contribution is 5.94. The van der Waals surface area contributed by atoms with Crippen LogP contribution >= 0.6 is 0 Å². The zero-order chi connectivity index (χ0) is 19.6. The van der Waals surface area contributed by atoms with Crippen molar-refractivity contribution < 1.29 is 44.4 Å². The Bertz CT molecular complexity index is 525. The van der Waals surface area contributed by atoms with Gasteiger partial charge in [-0.15, -0.1) is 0 Å². The number of hydrogen-bond acceptors (Lipinski definition) is 8. The molecule has 13 heteroatoms. The summed E-state index contributed by atoms with van der Waals surface area (Å²) in [6.45, 7) is -2.51. The average molecular weight is 364 g/mol. The molecule has 0 aromatic rings. The van der Waals surface area contributed by atoms with Crippen LogP contribution in [-0.4, -0.2) is 88.0 Å². The zero-order valence-electron chi connectivity index (χ0n) is 13.0. The van der Waals surface area contributed by atoms with Crippen LogP contribution in [0.4, 0.5) is 0 Å². The fourth-order valence-corrected chi connectivity index (χ4v) is 1.51. The number of nitrogens with two attached hydrogens (primary N) is 1. The highest BCUT2D eigenvalue weighted by atomic mass is 16.4. The van der Waals surface area contributed by atoms with Crippen molar-refractivity contribution in [3.63, 3.8) is 0 Å². The predicted octanol–water partition coefficient (Wildman–Crippen LogP) is -5.06. The van der Waals surface area contributed by atoms with Gasteiger partial charge < -0.3 is 42.1 Å². The molecule has 0 aromatic heterocycles. The first kappa shape index (κ1) is 22.2. The number of carbonyl (C=O) groups excluding carboxylic acids is 3. The van der Waals surface area contributed by atoms with E-state index in [-0.39, 0.29) is 0 Å². The van der Waals surface area contributed by atoms with E-state index in [9.17, 15) is 24.0 Å². The van der Waals surface area contributed by atoms with Gasteiger partial charge in [0.15, 0.2) is 0 Å². The van der Waals surface area contributed by atoms with Crippen LogP contribution in [0.25, 0.3) is 0 Å². The topological polar surface area (TPSA) is 228 Å². The van der Waals surface area contributed by atoms with E-state index in [2.05, 4.69) is 0 Å². The number of carboxylic acid groups (broad SMARTS) is 2. The first-order valence-corrected chi connectivity index (χ1v) is 6.91. The van der Waals surface area contributed by atoms with Gasteiger partial charge in [0.25, 0.3) is 0 Å². The second-order valence-electron chi connectivity index (χ2n) is 4.80. The van der Waals surface area contributed by atoms with Crippen LogP contribution in [0, 0.1) is 0 Å². The van der Waals surface area contributed by atoms with Crippen LogP contribution in [-0.2, 0) is 24.0 Å². The summed E-state index contributed by atoms with van der Waals surface area (Å²) in [5.41, 5.74) is 5.30. The Balaban J connectivity index is 4.74. The van der Waals surface area contributed by atoms with Gasteiger partial charge in [0, 0.05) is 0 Å². The fraction of sp³-hybridized carbons (Fsp3) is 0.583. The molecule has 3 amide bonds. The van der Waals surface area contributed by atoms with Crippen LogP contribution in [0.15, 0.2) is 0 Å². The molecule has 3 atom stereocenters. The molecule has 0 rings (SSSR count). The molecule has 13 nitrogen and oxygen atoms in total. The number of aliphatic hydroxyl groups is 2. The molecular formula is C12H20N4O9. The molecule has 0 heterocycles. The smallest absolute Gasteiger partial charge is 0.322 e. The largest absolute Gasteiger partial charge is 0.481 e. The molecule has 142 valence electrons. The molecule has 9 N–H and O–H groups in total. The molecule has 0 bridgehead atoms. The highest BCUT2D eigenvalue weighted by Gasteiger charge is 2.28. The van der Waals surface area contributed by atoms with Crippen molar-refractivity contribution in [3.05, 3.63) is 0 Å². The molecule has 0 aliphatic rings. The van der Waals surface area contributed by atoms with E-state index in [0.717, 1.165) is 0 Å². The van der Waals surface area contributed by atoms with E-state index in [4.69, 9.17) is 26.2 Å². The molecule has 0 aliphatic carbocycles. The van der Waals surface area contributed by atoms with Crippen LogP contribution in [0.5, 0.6) is 0 Å². The Morgan fingerprint density at radius 2 is 1.28 bits per heavy atom. The van der Waals surface area contributed by atoms with Crippen molar-refractivity contribution in [3.8, 4) is 0 Å². The lowest BCUT2D eigenvalue weighted by atomic mass is 10.1. The lowest BCUT2D eigenvalue weighted by Gasteiger charge is -2.21. The minimum absolute atomic E-state index is 0.706. The van der Waals surface area contributed by atoms with E-state index in [1.54, 1.807) is 0 Å². The number of amides is 3. The van der Waals surface area contributed by atoms with Gasteiger partial charge in [-0.2, -0.15) is 0 Å². The Kier molecular flexibility index (Phi) is 9.69. The molecule has 0 aliphatic heterocycles. The molecule has 0 aromatic carbocycles. The molecule has 0 saturated heterocycles. The van der Waals surface area contributed by atoms with Crippen molar-refractivity contribution >= 4 is 29.7 Å². The third-order valence-electron chi connectivity index (χ3n) is 2.78. The summed E-state index contributed by atoms with van der Waals surface area (Å²) < 4.78 is 0. The Labute approximate surface area is 141 Å². The van der Waals surface area contributed by atoms with E-state index in [1.165, 1.54) is 0 Å². The maximum atomic E-state index is 11.9. The van der Waals surface area contributed by atoms with Crippen molar-refractivity contribution in [2.45, 2.75) is 24.5 Å². The normalized spacial score (nSPS) is 13.9. The molecule has 0 radical (unpaired) electrons. The summed E-state index contributed by atoms with van der Waals surface area (Å²) in [7, 11) is 0. The van der Waals surface area contributed by atoms with Gasteiger partial charge in [0.1, 0.15) is 18.6 Å². The molecule has 0 spiro atoms. The predicted molar refractivity (Wildman–Crippen MR) is 78.9 cm³/mol. The average Bonchev–Trinajstić information content (AvgIpc) is 2.53. The van der Waals surface area contributed by atoms with Gasteiger partial charge >= 0.3 is 11.9 Å². The van der Waals surface area contributed by atoms with Gasteiger partial charge in [-0.25, -0.2) is 0 Å². The Morgan fingerprint density at radius 1 is 0.800 bits per heavy atom. The molecule has 0 saturated carbocycles. The first-order chi connectivity index (χ1) is 11.6. The summed E-state index contributed by atoms with van der Waals surface area (Å²) >= 11 is 0. The van der Waals surface area contributed by atoms with Crippen molar-refractivity contribution in [2.24, 2.45) is 5.73 Å². The number of carbonyl (C=O) groups is 5. The third-order valence-corrected chi connectivity index (χ3v) is 2.78. The van der Waals surface area contributed by atoms with Crippen LogP contribution in [0.2, 0.25) is 0 Å². The summed E-state index contributed by atoms with van der Waals surface area (Å²) in [5, 5.41) is 41.1. The number of aliphatic carboxylic acids is 2. The van der Waals surface area contributed by atoms with E-state index in [1.807, 2.05) is 16.0 Å². The monoisotopic (exact) mass is 364 g/mol. The van der Waals surface area contributed by atoms with Crippen molar-refractivity contribution in [2.75, 3.05) is 19.8 Å². The number of hydrogen-bond donors (Lipinski definition) is 8. The van der Waals surface area contributed by atoms with E-state index >= 15 is 0 Å². The minimum atomic E-state index is -1.56. The summed E-state index contributed by atoms with van der Waals surface area (Å²) in [5.74, 6) is -5.77. The summed E-state index contributed by atoms with van der Waals surface area (Å²) in [6.07, 6.45) is -0.706. The summed E-state index contributed by atoms with van der Waals surface area (Å²) in [6, 6.07) is -4.55. The van der Waals surface area contributed by atoms with Gasteiger partial charge in [-0.3, -0.25) is 24.0 Å². The summed E-state index contributed by atoms with van der Waals surface area (Å²) in [4.78, 5) is 56.0. The maximum absolute atomic E-state index is 11.9. The van der Waals surface area contributed by atoms with E-state index in [0.29, 0.717) is 0 Å². The van der Waals surface area contributed by atoms with Gasteiger partial charge in [0.05, 0.1) is 25.7 Å². The van der Waals surface area contributed by atoms with Gasteiger partial charge in [-0.05, 0) is 0 Å². The molecule has 25 heavy (non-hydrogen) atoms. The van der Waals surface area contributed by atoms with E-state index < -0.39 is 74.0 Å². The zero-order valence-corrected chi connectivity index (χ0v) is 13.0. The number of carboxylic acids is 2. The minimum Gasteiger partial charge on any atom is -0.481 e. The Hall–Kier alpha value is -2.77. The van der Waals surface area contributed by atoms with Gasteiger partial charge in [-0.1, -0.05) is 0 Å². The van der Waals surface area contributed by atoms with Gasteiger partial charge in [0.2, 0.25) is 17.7 Å². The third kappa shape index (κ3) is 8.59. The standard InChI is InChI=1S/C12H20N4O9/c13-5(1-8(19)20)10(23)15-7(4-18)12(25)16-6(3-17)11(24)14-2-9(21)22/h5-7,17-18H,1-4,13H2,(H,14,24)(H,15,23)(H,16,25)(H,19,20)(H,21,22). The Morgan fingerprint density at radius 3 is 1.72 bits per heavy atom. The van der Waals surface area contributed by atoms with Crippen molar-refractivity contribution in [1.29, 1.82) is 0 Å². The SMILES string of the molecule is NC(CC(=O)O)C(=O)NC(CO)C(=O)NC(CO)C(=O)NCC(=O)O. The van der Waals surface area contributed by atoms with Crippen LogP contribution in [0.1, 0.15) is 6.42 Å². The molecule has 3 unspecified atom stereocenters. The second-order valence-corrected chi connectivity index (χ2v) is 4.80. The first-order valence-electron chi connectivity index (χ1n) is 6.91. The quantitative estimate of drug-likeness (QED) is 0.174. The number of nitrogens with one attached hydrogen (secondary N) is 3. The fourth-order valence-electron chi connectivity index (χ4n) is 1.51. The number of aliphatic hydroxyl groups excluding tert-OH is 2. The molecule has 0 fully saturated rings. The molecular weight excluding hydrogens is 344 g/mol. The van der Waals surface area contributed by atoms with Crippen LogP contribution in [0.3, 0.4) is 0 Å². The van der Waals surface area contributed by atoms with Crippen molar-refractivity contribution in [1.82, 2.24) is 16.0 Å². The number of rotatable bonds is 11. The maximum Gasteiger partial charge on any atom is 0.322 e. The second kappa shape index (κ2) is 10.9. The lowest BCUT2D eigenvalue weighted by molar-refractivity contribution is -0.140.